The number of morpholine rings is 1. The van der Waals surface area contributed by atoms with Crippen LogP contribution in [-0.2, 0) is 9.53 Å². The van der Waals surface area contributed by atoms with Crippen LogP contribution in [0.2, 0.25) is 0 Å². The number of nitrogens with zero attached hydrogens (tertiary/aromatic N) is 1. The predicted molar refractivity (Wildman–Crippen MR) is 51.2 cm³/mol. The maximum Gasteiger partial charge on any atom is 0.326 e. The average molecular weight is 184 g/mol. The van der Waals surface area contributed by atoms with E-state index in [0.29, 0.717) is 0 Å². The van der Waals surface area contributed by atoms with Crippen molar-refractivity contribution in [1.29, 1.82) is 0 Å². The number of hydrogen-bond donors (Lipinski definition) is 0. The Kier molecular flexibility index (Phi) is 2.19. The maximum atomic E-state index is 11.5. The Hall–Kier alpha value is -0.570. The third kappa shape index (κ3) is 1.35. The van der Waals surface area contributed by atoms with Gasteiger partial charge in [0.25, 0.3) is 0 Å². The largest absolute Gasteiger partial charge is 0.462 e. The van der Waals surface area contributed by atoms with Gasteiger partial charge in [0.2, 0.25) is 0 Å². The van der Waals surface area contributed by atoms with E-state index < -0.39 is 5.54 Å². The molecule has 1 aliphatic heterocycles. The number of carbonyl (C=O) groups is 1. The van der Waals surface area contributed by atoms with Crippen LogP contribution in [0.5, 0.6) is 0 Å². The number of cyclic esters (lactones) is 1. The van der Waals surface area contributed by atoms with Crippen molar-refractivity contribution in [2.75, 3.05) is 7.05 Å². The number of ether oxygens (including phenoxy) is 1. The summed E-state index contributed by atoms with van der Waals surface area (Å²) in [5.41, 5.74) is -0.930. The molecule has 3 heteroatoms. The third-order valence-electron chi connectivity index (χ3n) is 3.26. The molecule has 0 N–H and O–H groups in total. The predicted octanol–water partition coefficient (Wildman–Crippen LogP) is 1.23. The van der Waals surface area contributed by atoms with Crippen LogP contribution in [0.1, 0.15) is 27.7 Å². The fourth-order valence-electron chi connectivity index (χ4n) is 1.48. The van der Waals surface area contributed by atoms with E-state index in [2.05, 4.69) is 6.92 Å². The molecule has 1 fully saturated rings. The second-order valence-electron chi connectivity index (χ2n) is 4.52. The molecule has 0 saturated carbocycles. The van der Waals surface area contributed by atoms with Gasteiger partial charge in [-0.2, -0.15) is 0 Å². The molecule has 0 radical (unpaired) electrons. The van der Waals surface area contributed by atoms with Gasteiger partial charge in [0, 0.05) is 0 Å². The first-order valence-corrected chi connectivity index (χ1v) is 4.51. The quantitative estimate of drug-likeness (QED) is 0.419. The highest BCUT2D eigenvalue weighted by molar-refractivity contribution is 5.81. The average Bonchev–Trinajstić information content (AvgIpc) is 2.00. The van der Waals surface area contributed by atoms with Gasteiger partial charge in [0.05, 0.1) is 6.10 Å². The summed E-state index contributed by atoms with van der Waals surface area (Å²) in [5, 5.41) is 0. The van der Waals surface area contributed by atoms with Crippen LogP contribution in [0.3, 0.4) is 0 Å². The summed E-state index contributed by atoms with van der Waals surface area (Å²) in [6.45, 7) is 11.6. The molecule has 2 atom stereocenters. The zero-order valence-electron chi connectivity index (χ0n) is 9.05. The minimum Gasteiger partial charge on any atom is -0.462 e. The van der Waals surface area contributed by atoms with Crippen molar-refractivity contribution in [2.45, 2.75) is 44.9 Å². The fourth-order valence-corrected chi connectivity index (χ4v) is 1.48. The van der Waals surface area contributed by atoms with Gasteiger partial charge in [-0.3, -0.25) is 4.79 Å². The second-order valence-corrected chi connectivity index (χ2v) is 4.52. The van der Waals surface area contributed by atoms with Crippen molar-refractivity contribution in [1.82, 2.24) is 4.90 Å². The molecule has 0 amide bonds. The van der Waals surface area contributed by atoms with Gasteiger partial charge in [-0.25, -0.2) is 0 Å². The topological polar surface area (TPSA) is 29.5 Å². The van der Waals surface area contributed by atoms with Crippen molar-refractivity contribution in [3.8, 4) is 0 Å². The summed E-state index contributed by atoms with van der Waals surface area (Å²) in [6, 6.07) is 0. The Bertz CT molecular complexity index is 233. The Labute approximate surface area is 80.1 Å². The summed E-state index contributed by atoms with van der Waals surface area (Å²) >= 11 is 0. The lowest BCUT2D eigenvalue weighted by molar-refractivity contribution is -0.187. The Balaban J connectivity index is 3.03. The zero-order valence-corrected chi connectivity index (χ0v) is 9.05. The molecule has 2 unspecified atom stereocenters. The smallest absolute Gasteiger partial charge is 0.326 e. The lowest BCUT2D eigenvalue weighted by atomic mass is 9.87. The summed E-state index contributed by atoms with van der Waals surface area (Å²) in [5.74, 6) is -0.177. The molecule has 0 bridgehead atoms. The molecule has 0 aromatic carbocycles. The monoisotopic (exact) mass is 184 g/mol. The lowest BCUT2D eigenvalue weighted by Gasteiger charge is -2.56. The van der Waals surface area contributed by atoms with Gasteiger partial charge in [0.1, 0.15) is 5.54 Å². The summed E-state index contributed by atoms with van der Waals surface area (Å²) in [4.78, 5) is 13.5. The van der Waals surface area contributed by atoms with Gasteiger partial charge >= 0.3 is 5.97 Å². The van der Waals surface area contributed by atoms with Crippen LogP contribution >= 0.6 is 0 Å². The Morgan fingerprint density at radius 1 is 1.46 bits per heavy atom. The number of hydrogen-bond acceptors (Lipinski definition) is 3. The van der Waals surface area contributed by atoms with Gasteiger partial charge in [-0.05, 0) is 27.8 Å². The normalized spacial score (nSPS) is 40.2. The number of rotatable bonds is 0. The third-order valence-corrected chi connectivity index (χ3v) is 3.26. The van der Waals surface area contributed by atoms with Crippen LogP contribution in [-0.4, -0.2) is 35.1 Å². The highest BCUT2D eigenvalue weighted by Gasteiger charge is 2.46. The van der Waals surface area contributed by atoms with E-state index in [1.54, 1.807) is 0 Å². The Morgan fingerprint density at radius 3 is 2.38 bits per heavy atom. The Morgan fingerprint density at radius 2 is 1.92 bits per heavy atom. The van der Waals surface area contributed by atoms with Gasteiger partial charge in [0.15, 0.2) is 0 Å². The van der Waals surface area contributed by atoms with E-state index in [4.69, 9.17) is 4.74 Å². The van der Waals surface area contributed by atoms with Crippen molar-refractivity contribution < 1.29 is 9.53 Å². The van der Waals surface area contributed by atoms with Crippen LogP contribution in [0.4, 0.5) is 0 Å². The van der Waals surface area contributed by atoms with Crippen molar-refractivity contribution >= 4 is 5.97 Å². The molecule has 13 heavy (non-hydrogen) atoms. The standard InChI is InChI=1S/C10H18NO2/c1-7-9(2,3)11(6)10(4,5)8(12)13-7/h7H,2H2,1,3-6H3/q-1. The van der Waals surface area contributed by atoms with Crippen LogP contribution < -0.4 is 0 Å². The van der Waals surface area contributed by atoms with Gasteiger partial charge < -0.3 is 16.6 Å². The van der Waals surface area contributed by atoms with Crippen molar-refractivity contribution in [3.05, 3.63) is 6.92 Å². The molecular formula is C10H18NO2-. The van der Waals surface area contributed by atoms with E-state index in [1.807, 2.05) is 39.6 Å². The number of carbonyl (C=O) groups excluding carboxylic acids is 1. The highest BCUT2D eigenvalue weighted by Crippen LogP contribution is 2.33. The van der Waals surface area contributed by atoms with E-state index >= 15 is 0 Å². The first-order valence-electron chi connectivity index (χ1n) is 4.51. The molecule has 0 aromatic rings. The number of likely N-dealkylation sites (N-methyl/N-ethyl adjacent to an activating group) is 1. The minimum absolute atomic E-state index is 0.168. The first kappa shape index (κ1) is 10.5. The van der Waals surface area contributed by atoms with Gasteiger partial charge in [-0.1, -0.05) is 12.5 Å². The van der Waals surface area contributed by atoms with E-state index in [0.717, 1.165) is 0 Å². The molecule has 0 spiro atoms. The van der Waals surface area contributed by atoms with E-state index in [-0.39, 0.29) is 17.6 Å². The fraction of sp³-hybridized carbons (Fsp3) is 0.800. The molecule has 1 rings (SSSR count). The summed E-state index contributed by atoms with van der Waals surface area (Å²) in [6.07, 6.45) is -0.168. The molecule has 3 nitrogen and oxygen atoms in total. The molecule has 1 saturated heterocycles. The lowest BCUT2D eigenvalue weighted by Crippen LogP contribution is -2.67. The number of esters is 1. The maximum absolute atomic E-state index is 11.5. The summed E-state index contributed by atoms with van der Waals surface area (Å²) in [7, 11) is 1.91. The minimum atomic E-state index is -0.580. The van der Waals surface area contributed by atoms with Crippen molar-refractivity contribution in [2.24, 2.45) is 0 Å². The van der Waals surface area contributed by atoms with Crippen LogP contribution in [0, 0.1) is 6.92 Å². The van der Waals surface area contributed by atoms with Crippen LogP contribution in [0.25, 0.3) is 0 Å². The SMILES string of the molecule is [CH2-]C1(C)C(C)OC(=O)C(C)(C)N1C. The molecule has 76 valence electrons. The molecule has 1 heterocycles. The van der Waals surface area contributed by atoms with E-state index in [1.165, 1.54) is 0 Å². The van der Waals surface area contributed by atoms with E-state index in [9.17, 15) is 4.79 Å². The van der Waals surface area contributed by atoms with Crippen LogP contribution in [0.15, 0.2) is 0 Å². The molecule has 1 aliphatic rings. The van der Waals surface area contributed by atoms with Crippen molar-refractivity contribution in [3.63, 3.8) is 0 Å². The second kappa shape index (κ2) is 2.71. The van der Waals surface area contributed by atoms with Gasteiger partial charge in [-0.15, -0.1) is 0 Å². The first-order chi connectivity index (χ1) is 5.70. The molecule has 0 aliphatic carbocycles. The zero-order chi connectivity index (χ0) is 10.4. The summed E-state index contributed by atoms with van der Waals surface area (Å²) < 4.78 is 5.24. The molecule has 0 aromatic heterocycles. The molecular weight excluding hydrogens is 166 g/mol. The highest BCUT2D eigenvalue weighted by atomic mass is 16.6.